The van der Waals surface area contributed by atoms with E-state index >= 15 is 0 Å². The Balaban J connectivity index is 1.45. The smallest absolute Gasteiger partial charge is 0.217 e. The molecule has 1 fully saturated rings. The number of piperazine rings is 1. The quantitative estimate of drug-likeness (QED) is 0.719. The second-order valence-corrected chi connectivity index (χ2v) is 8.04. The van der Waals surface area contributed by atoms with Crippen molar-refractivity contribution in [1.29, 1.82) is 0 Å². The number of nitrogens with zero attached hydrogens (tertiary/aromatic N) is 4. The highest BCUT2D eigenvalue weighted by atomic mass is 32.2. The second-order valence-electron chi connectivity index (χ2n) is 5.95. The summed E-state index contributed by atoms with van der Waals surface area (Å²) < 4.78 is 36.6. The number of rotatable bonds is 7. The zero-order valence-corrected chi connectivity index (χ0v) is 15.0. The van der Waals surface area contributed by atoms with Gasteiger partial charge in [-0.15, -0.1) is 0 Å². The lowest BCUT2D eigenvalue weighted by atomic mass is 10.3. The van der Waals surface area contributed by atoms with E-state index in [0.717, 1.165) is 11.4 Å². The molecule has 0 atom stereocenters. The van der Waals surface area contributed by atoms with Crippen molar-refractivity contribution in [3.05, 3.63) is 41.7 Å². The maximum Gasteiger partial charge on any atom is 0.217 e. The third-order valence-electron chi connectivity index (χ3n) is 4.20. The largest absolute Gasteiger partial charge is 0.492 e. The molecule has 9 heteroatoms. The van der Waals surface area contributed by atoms with Gasteiger partial charge in [0.25, 0.3) is 0 Å². The van der Waals surface area contributed by atoms with Crippen LogP contribution in [0.2, 0.25) is 0 Å². The molecule has 1 saturated heterocycles. The van der Waals surface area contributed by atoms with Gasteiger partial charge in [-0.05, 0) is 19.1 Å². The van der Waals surface area contributed by atoms with Gasteiger partial charge in [0, 0.05) is 32.7 Å². The fourth-order valence-electron chi connectivity index (χ4n) is 2.68. The van der Waals surface area contributed by atoms with Gasteiger partial charge in [0.15, 0.2) is 0 Å². The van der Waals surface area contributed by atoms with Crippen LogP contribution in [-0.4, -0.2) is 66.5 Å². The van der Waals surface area contributed by atoms with Crippen LogP contribution in [0.25, 0.3) is 0 Å². The van der Waals surface area contributed by atoms with E-state index in [4.69, 9.17) is 9.37 Å². The van der Waals surface area contributed by atoms with Crippen molar-refractivity contribution in [1.82, 2.24) is 19.5 Å². The summed E-state index contributed by atoms with van der Waals surface area (Å²) in [6, 6.07) is 9.22. The predicted molar refractivity (Wildman–Crippen MR) is 91.6 cm³/mol. The van der Waals surface area contributed by atoms with Gasteiger partial charge in [0.05, 0.1) is 5.75 Å². The Hall–Kier alpha value is -1.97. The minimum Gasteiger partial charge on any atom is -0.492 e. The number of sulfonamides is 1. The molecule has 0 N–H and O–H groups in total. The third-order valence-corrected chi connectivity index (χ3v) is 6.03. The maximum atomic E-state index is 12.4. The van der Waals surface area contributed by atoms with Crippen molar-refractivity contribution < 1.29 is 17.8 Å². The van der Waals surface area contributed by atoms with E-state index in [-0.39, 0.29) is 12.4 Å². The fourth-order valence-corrected chi connectivity index (χ4v) is 3.95. The van der Waals surface area contributed by atoms with Gasteiger partial charge in [-0.1, -0.05) is 28.5 Å². The summed E-state index contributed by atoms with van der Waals surface area (Å²) >= 11 is 0. The molecule has 0 unspecified atom stereocenters. The molecule has 136 valence electrons. The fraction of sp³-hybridized carbons (Fsp3) is 0.500. The Morgan fingerprint density at radius 2 is 1.84 bits per heavy atom. The number of aryl methyl sites for hydroxylation is 1. The van der Waals surface area contributed by atoms with E-state index in [1.807, 2.05) is 37.3 Å². The van der Waals surface area contributed by atoms with Crippen LogP contribution in [0.1, 0.15) is 11.4 Å². The van der Waals surface area contributed by atoms with Crippen LogP contribution in [0.5, 0.6) is 5.75 Å². The van der Waals surface area contributed by atoms with Crippen molar-refractivity contribution in [3.63, 3.8) is 0 Å². The van der Waals surface area contributed by atoms with Gasteiger partial charge in [-0.25, -0.2) is 13.0 Å². The molecule has 0 amide bonds. The highest BCUT2D eigenvalue weighted by molar-refractivity contribution is 7.89. The maximum absolute atomic E-state index is 12.4. The first-order chi connectivity index (χ1) is 12.0. The van der Waals surface area contributed by atoms with Gasteiger partial charge in [0.1, 0.15) is 23.7 Å². The summed E-state index contributed by atoms with van der Waals surface area (Å²) in [5.41, 5.74) is 1.57. The number of ether oxygens (including phenoxy) is 1. The zero-order valence-electron chi connectivity index (χ0n) is 14.2. The molecule has 0 saturated carbocycles. The number of hydrogen-bond donors (Lipinski definition) is 0. The number of para-hydroxylation sites is 1. The summed E-state index contributed by atoms with van der Waals surface area (Å²) in [5, 5.41) is 7.63. The Bertz CT molecular complexity index is 770. The average Bonchev–Trinajstić information content (AvgIpc) is 3.01. The van der Waals surface area contributed by atoms with Crippen LogP contribution in [0, 0.1) is 6.92 Å². The van der Waals surface area contributed by atoms with Crippen LogP contribution in [0.15, 0.2) is 35.0 Å². The van der Waals surface area contributed by atoms with E-state index in [1.54, 1.807) is 0 Å². The molecule has 2 aromatic rings. The number of benzene rings is 1. The average molecular weight is 366 g/mol. The number of aromatic nitrogens is 2. The first-order valence-electron chi connectivity index (χ1n) is 8.21. The molecule has 2 heterocycles. The molecule has 0 radical (unpaired) electrons. The van der Waals surface area contributed by atoms with Crippen LogP contribution in [-0.2, 0) is 16.6 Å². The molecule has 1 aromatic heterocycles. The SMILES string of the molecule is Cc1nonc1CN1CCN(S(=O)(=O)CCOc2ccccc2)CC1. The molecular weight excluding hydrogens is 344 g/mol. The third kappa shape index (κ3) is 4.77. The van der Waals surface area contributed by atoms with Crippen molar-refractivity contribution >= 4 is 10.0 Å². The second kappa shape index (κ2) is 7.94. The van der Waals surface area contributed by atoms with E-state index in [9.17, 15) is 8.42 Å². The Morgan fingerprint density at radius 1 is 1.12 bits per heavy atom. The molecule has 0 bridgehead atoms. The van der Waals surface area contributed by atoms with Gasteiger partial charge in [-0.3, -0.25) is 4.90 Å². The lowest BCUT2D eigenvalue weighted by molar-refractivity contribution is 0.176. The lowest BCUT2D eigenvalue weighted by Gasteiger charge is -2.33. The molecule has 1 aliphatic heterocycles. The summed E-state index contributed by atoms with van der Waals surface area (Å²) in [5.74, 6) is 0.660. The standard InChI is InChI=1S/C16H22N4O4S/c1-14-16(18-24-17-14)13-19-7-9-20(10-8-19)25(21,22)12-11-23-15-5-3-2-4-6-15/h2-6H,7-13H2,1H3. The van der Waals surface area contributed by atoms with E-state index < -0.39 is 10.0 Å². The summed E-state index contributed by atoms with van der Waals surface area (Å²) in [6.07, 6.45) is 0. The van der Waals surface area contributed by atoms with Crippen molar-refractivity contribution in [2.75, 3.05) is 38.5 Å². The van der Waals surface area contributed by atoms with Crippen LogP contribution in [0.4, 0.5) is 0 Å². The first-order valence-corrected chi connectivity index (χ1v) is 9.81. The van der Waals surface area contributed by atoms with Crippen molar-refractivity contribution in [2.45, 2.75) is 13.5 Å². The molecule has 1 aliphatic rings. The van der Waals surface area contributed by atoms with Crippen molar-refractivity contribution in [2.24, 2.45) is 0 Å². The molecule has 0 aliphatic carbocycles. The van der Waals surface area contributed by atoms with E-state index in [0.29, 0.717) is 38.5 Å². The van der Waals surface area contributed by atoms with Gasteiger partial charge in [-0.2, -0.15) is 4.31 Å². The monoisotopic (exact) mass is 366 g/mol. The molecule has 0 spiro atoms. The normalized spacial score (nSPS) is 16.8. The van der Waals surface area contributed by atoms with Crippen LogP contribution in [0.3, 0.4) is 0 Å². The minimum atomic E-state index is -3.31. The van der Waals surface area contributed by atoms with Crippen LogP contribution < -0.4 is 4.74 Å². The molecule has 1 aromatic carbocycles. The summed E-state index contributed by atoms with van der Waals surface area (Å²) in [7, 11) is -3.31. The zero-order chi connectivity index (χ0) is 17.7. The van der Waals surface area contributed by atoms with E-state index in [1.165, 1.54) is 4.31 Å². The topological polar surface area (TPSA) is 88.8 Å². The summed E-state index contributed by atoms with van der Waals surface area (Å²) in [4.78, 5) is 2.15. The van der Waals surface area contributed by atoms with Crippen molar-refractivity contribution in [3.8, 4) is 5.75 Å². The van der Waals surface area contributed by atoms with E-state index in [2.05, 4.69) is 15.2 Å². The molecular formula is C16H22N4O4S. The van der Waals surface area contributed by atoms with Crippen LogP contribution >= 0.6 is 0 Å². The molecule has 3 rings (SSSR count). The molecule has 25 heavy (non-hydrogen) atoms. The predicted octanol–water partition coefficient (Wildman–Crippen LogP) is 0.904. The summed E-state index contributed by atoms with van der Waals surface area (Å²) in [6.45, 7) is 4.88. The Kier molecular flexibility index (Phi) is 5.67. The highest BCUT2D eigenvalue weighted by Gasteiger charge is 2.27. The molecule has 8 nitrogen and oxygen atoms in total. The Morgan fingerprint density at radius 3 is 2.48 bits per heavy atom. The number of hydrogen-bond acceptors (Lipinski definition) is 7. The highest BCUT2D eigenvalue weighted by Crippen LogP contribution is 2.13. The first kappa shape index (κ1) is 17.8. The van der Waals surface area contributed by atoms with Gasteiger partial charge < -0.3 is 4.74 Å². The Labute approximate surface area is 147 Å². The van der Waals surface area contributed by atoms with Gasteiger partial charge >= 0.3 is 0 Å². The van der Waals surface area contributed by atoms with Gasteiger partial charge in [0.2, 0.25) is 10.0 Å². The minimum absolute atomic E-state index is 0.0196. The lowest BCUT2D eigenvalue weighted by Crippen LogP contribution is -2.49.